The molecule has 0 aromatic carbocycles. The van der Waals surface area contributed by atoms with E-state index >= 15 is 0 Å². The zero-order valence-electron chi connectivity index (χ0n) is 15.1. The second-order valence-corrected chi connectivity index (χ2v) is 6.50. The normalized spacial score (nSPS) is 13.0. The van der Waals surface area contributed by atoms with Gasteiger partial charge in [-0.2, -0.15) is 15.3 Å². The molecule has 0 saturated carbocycles. The third-order valence-corrected chi connectivity index (χ3v) is 4.68. The van der Waals surface area contributed by atoms with Crippen molar-refractivity contribution >= 4 is 5.69 Å². The predicted molar refractivity (Wildman–Crippen MR) is 102 cm³/mol. The summed E-state index contributed by atoms with van der Waals surface area (Å²) in [5.74, 6) is 0. The predicted octanol–water partition coefficient (Wildman–Crippen LogP) is -1.44. The molecule has 146 valence electrons. The number of nitrogens with two attached hydrogens (primary N) is 4. The first-order valence-corrected chi connectivity index (χ1v) is 8.76. The maximum Gasteiger partial charge on any atom is 0.238 e. The number of hydrogen-bond donors (Lipinski definition) is 5. The van der Waals surface area contributed by atoms with E-state index in [4.69, 9.17) is 22.9 Å². The number of rotatable bonds is 10. The number of nitrogens with one attached hydrogen (secondary N) is 1. The SMILES string of the molecule is NCc1ccn(C(n2cccn2)n2cc(NCC(CN)(CN)CN)cn2)n1. The minimum Gasteiger partial charge on any atom is -0.382 e. The topological polar surface area (TPSA) is 170 Å². The van der Waals surface area contributed by atoms with Gasteiger partial charge < -0.3 is 28.3 Å². The highest BCUT2D eigenvalue weighted by Gasteiger charge is 2.25. The summed E-state index contributed by atoms with van der Waals surface area (Å²) >= 11 is 0. The van der Waals surface area contributed by atoms with E-state index in [0.29, 0.717) is 32.7 Å². The molecule has 11 nitrogen and oxygen atoms in total. The van der Waals surface area contributed by atoms with Crippen molar-refractivity contribution < 1.29 is 0 Å². The van der Waals surface area contributed by atoms with E-state index in [1.54, 1.807) is 26.4 Å². The number of anilines is 1. The molecule has 9 N–H and O–H groups in total. The van der Waals surface area contributed by atoms with E-state index in [0.717, 1.165) is 11.4 Å². The van der Waals surface area contributed by atoms with Gasteiger partial charge >= 0.3 is 0 Å². The number of nitrogens with zero attached hydrogens (tertiary/aromatic N) is 6. The Labute approximate surface area is 157 Å². The van der Waals surface area contributed by atoms with Crippen molar-refractivity contribution in [2.75, 3.05) is 31.5 Å². The first-order valence-electron chi connectivity index (χ1n) is 8.76. The Kier molecular flexibility index (Phi) is 5.86. The van der Waals surface area contributed by atoms with Gasteiger partial charge in [0.1, 0.15) is 0 Å². The van der Waals surface area contributed by atoms with Gasteiger partial charge in [0.25, 0.3) is 0 Å². The number of hydrogen-bond acceptors (Lipinski definition) is 8. The lowest BCUT2D eigenvalue weighted by atomic mass is 9.88. The highest BCUT2D eigenvalue weighted by Crippen LogP contribution is 2.18. The summed E-state index contributed by atoms with van der Waals surface area (Å²) in [7, 11) is 0. The Bertz CT molecular complexity index is 807. The van der Waals surface area contributed by atoms with Crippen LogP contribution in [0.25, 0.3) is 0 Å². The van der Waals surface area contributed by atoms with Gasteiger partial charge in [0, 0.05) is 56.7 Å². The molecule has 0 amide bonds. The molecule has 11 heteroatoms. The van der Waals surface area contributed by atoms with E-state index in [9.17, 15) is 0 Å². The minimum atomic E-state index is -0.390. The lowest BCUT2D eigenvalue weighted by Gasteiger charge is -2.29. The Hall–Kier alpha value is -2.73. The summed E-state index contributed by atoms with van der Waals surface area (Å²) in [6, 6.07) is 3.72. The molecule has 27 heavy (non-hydrogen) atoms. The smallest absolute Gasteiger partial charge is 0.238 e. The molecule has 0 aliphatic heterocycles. The Morgan fingerprint density at radius 1 is 1.00 bits per heavy atom. The van der Waals surface area contributed by atoms with Gasteiger partial charge in [-0.25, -0.2) is 14.0 Å². The highest BCUT2D eigenvalue weighted by atomic mass is 15.6. The maximum atomic E-state index is 5.85. The van der Waals surface area contributed by atoms with Crippen molar-refractivity contribution in [2.24, 2.45) is 28.3 Å². The van der Waals surface area contributed by atoms with Crippen LogP contribution in [0.3, 0.4) is 0 Å². The number of aromatic nitrogens is 6. The zero-order valence-corrected chi connectivity index (χ0v) is 15.1. The van der Waals surface area contributed by atoms with Crippen LogP contribution in [-0.2, 0) is 6.54 Å². The summed E-state index contributed by atoms with van der Waals surface area (Å²) < 4.78 is 5.28. The van der Waals surface area contributed by atoms with Crippen molar-refractivity contribution in [2.45, 2.75) is 12.8 Å². The van der Waals surface area contributed by atoms with Crippen LogP contribution in [0, 0.1) is 5.41 Å². The van der Waals surface area contributed by atoms with Crippen LogP contribution >= 0.6 is 0 Å². The lowest BCUT2D eigenvalue weighted by molar-refractivity contribution is 0.283. The molecule has 3 heterocycles. The molecule has 0 fully saturated rings. The quantitative estimate of drug-likeness (QED) is 0.288. The van der Waals surface area contributed by atoms with E-state index in [1.165, 1.54) is 0 Å². The fourth-order valence-electron chi connectivity index (χ4n) is 2.71. The molecule has 0 radical (unpaired) electrons. The summed E-state index contributed by atoms with van der Waals surface area (Å²) in [6.45, 7) is 2.16. The van der Waals surface area contributed by atoms with Crippen LogP contribution in [-0.4, -0.2) is 55.5 Å². The van der Waals surface area contributed by atoms with E-state index in [1.807, 2.05) is 30.7 Å². The van der Waals surface area contributed by atoms with Crippen molar-refractivity contribution in [3.63, 3.8) is 0 Å². The minimum absolute atomic E-state index is 0.346. The molecule has 3 aromatic heterocycles. The van der Waals surface area contributed by atoms with Crippen molar-refractivity contribution in [1.29, 1.82) is 0 Å². The fraction of sp³-hybridized carbons (Fsp3) is 0.438. The van der Waals surface area contributed by atoms with Crippen LogP contribution in [0.2, 0.25) is 0 Å². The average Bonchev–Trinajstić information content (AvgIpc) is 3.47. The summed E-state index contributed by atoms with van der Waals surface area (Å²) in [5.41, 5.74) is 24.5. The highest BCUT2D eigenvalue weighted by molar-refractivity contribution is 5.38. The zero-order chi connectivity index (χ0) is 19.3. The van der Waals surface area contributed by atoms with Crippen LogP contribution in [0.5, 0.6) is 0 Å². The first-order chi connectivity index (χ1) is 13.1. The molecule has 3 rings (SSSR count). The standard InChI is InChI=1S/C16H27N11/c17-6-13-2-5-26(24-13)15(25-4-1-3-22-25)27-8-14(7-23-27)21-12-16(9-18,10-19)11-20/h1-5,7-8,15,21H,6,9-12,17-20H2. The molecule has 3 aromatic rings. The molecule has 0 aliphatic rings. The molecule has 1 atom stereocenters. The molecule has 0 aliphatic carbocycles. The Morgan fingerprint density at radius 2 is 1.78 bits per heavy atom. The average molecular weight is 373 g/mol. The van der Waals surface area contributed by atoms with Crippen molar-refractivity contribution in [3.05, 3.63) is 48.8 Å². The molecule has 0 bridgehead atoms. The van der Waals surface area contributed by atoms with Gasteiger partial charge in [-0.1, -0.05) is 0 Å². The molecule has 0 spiro atoms. The molecular weight excluding hydrogens is 346 g/mol. The van der Waals surface area contributed by atoms with E-state index < -0.39 is 0 Å². The summed E-state index contributed by atoms with van der Waals surface area (Å²) in [6.07, 6.45) is 8.64. The Morgan fingerprint density at radius 3 is 2.37 bits per heavy atom. The second-order valence-electron chi connectivity index (χ2n) is 6.50. The molecular formula is C16H27N11. The van der Waals surface area contributed by atoms with Crippen LogP contribution in [0.15, 0.2) is 43.1 Å². The maximum absolute atomic E-state index is 5.85. The van der Waals surface area contributed by atoms with E-state index in [2.05, 4.69) is 20.6 Å². The van der Waals surface area contributed by atoms with Gasteiger partial charge in [0.2, 0.25) is 6.29 Å². The lowest BCUT2D eigenvalue weighted by Crippen LogP contribution is -2.48. The van der Waals surface area contributed by atoms with Crippen LogP contribution < -0.4 is 28.3 Å². The fourth-order valence-corrected chi connectivity index (χ4v) is 2.71. The van der Waals surface area contributed by atoms with Crippen molar-refractivity contribution in [1.82, 2.24) is 29.3 Å². The van der Waals surface area contributed by atoms with Crippen LogP contribution in [0.4, 0.5) is 5.69 Å². The van der Waals surface area contributed by atoms with Gasteiger partial charge in [-0.15, -0.1) is 0 Å². The van der Waals surface area contributed by atoms with Gasteiger partial charge in [0.05, 0.1) is 23.8 Å². The van der Waals surface area contributed by atoms with Gasteiger partial charge in [0.15, 0.2) is 0 Å². The van der Waals surface area contributed by atoms with Gasteiger partial charge in [-0.3, -0.25) is 0 Å². The first kappa shape index (κ1) is 19.0. The van der Waals surface area contributed by atoms with Crippen LogP contribution in [0.1, 0.15) is 12.0 Å². The molecule has 1 unspecified atom stereocenters. The Balaban J connectivity index is 1.83. The summed E-state index contributed by atoms with van der Waals surface area (Å²) in [5, 5.41) is 16.6. The third kappa shape index (κ3) is 4.01. The van der Waals surface area contributed by atoms with E-state index in [-0.39, 0.29) is 11.7 Å². The largest absolute Gasteiger partial charge is 0.382 e. The monoisotopic (exact) mass is 373 g/mol. The molecule has 0 saturated heterocycles. The second kappa shape index (κ2) is 8.31. The summed E-state index contributed by atoms with van der Waals surface area (Å²) in [4.78, 5) is 0. The van der Waals surface area contributed by atoms with Gasteiger partial charge in [-0.05, 0) is 12.1 Å². The van der Waals surface area contributed by atoms with Crippen molar-refractivity contribution in [3.8, 4) is 0 Å². The third-order valence-electron chi connectivity index (χ3n) is 4.68.